The van der Waals surface area contributed by atoms with Crippen molar-refractivity contribution in [2.24, 2.45) is 0 Å². The molecule has 3 aromatic heterocycles. The van der Waals surface area contributed by atoms with Crippen LogP contribution < -0.4 is 0 Å². The van der Waals surface area contributed by atoms with Crippen LogP contribution >= 0.6 is 7.14 Å². The Morgan fingerprint density at radius 1 is 0.920 bits per heavy atom. The van der Waals surface area contributed by atoms with Gasteiger partial charge < -0.3 is 14.1 Å². The Morgan fingerprint density at radius 3 is 1.88 bits per heavy atom. The fourth-order valence-corrected chi connectivity index (χ4v) is 5.36. The standard InChI is InChI=1S/C19H21N2O3P/c22-19(18-2-1-13-24-18)25(23,14-7-16-3-9-20-10-4-16)15-8-17-5-11-21-12-6-17/h1-6,9-13,19,22H,7-8,14-15H2. The van der Waals surface area contributed by atoms with Crippen LogP contribution in [0.3, 0.4) is 0 Å². The quantitative estimate of drug-likeness (QED) is 0.619. The monoisotopic (exact) mass is 356 g/mol. The van der Waals surface area contributed by atoms with Crippen LogP contribution in [-0.2, 0) is 17.4 Å². The number of rotatable bonds is 8. The molecule has 0 saturated heterocycles. The van der Waals surface area contributed by atoms with E-state index in [9.17, 15) is 9.67 Å². The molecule has 3 heterocycles. The Kier molecular flexibility index (Phi) is 5.79. The number of pyridine rings is 2. The zero-order valence-corrected chi connectivity index (χ0v) is 14.8. The minimum absolute atomic E-state index is 0.368. The van der Waals surface area contributed by atoms with Gasteiger partial charge in [-0.25, -0.2) is 0 Å². The first-order chi connectivity index (χ1) is 12.2. The van der Waals surface area contributed by atoms with E-state index >= 15 is 0 Å². The Morgan fingerprint density at radius 2 is 1.44 bits per heavy atom. The summed E-state index contributed by atoms with van der Waals surface area (Å²) < 4.78 is 18.9. The molecule has 5 nitrogen and oxygen atoms in total. The molecular formula is C19H21N2O3P. The van der Waals surface area contributed by atoms with Crippen LogP contribution in [-0.4, -0.2) is 27.4 Å². The van der Waals surface area contributed by atoms with Crippen molar-refractivity contribution in [1.82, 2.24) is 9.97 Å². The van der Waals surface area contributed by atoms with E-state index in [2.05, 4.69) is 9.97 Å². The maximum atomic E-state index is 13.6. The van der Waals surface area contributed by atoms with Crippen molar-refractivity contribution in [2.45, 2.75) is 18.7 Å². The molecule has 3 aromatic rings. The number of nitrogens with zero attached hydrogens (tertiary/aromatic N) is 2. The summed E-state index contributed by atoms with van der Waals surface area (Å²) in [6, 6.07) is 11.0. The fraction of sp³-hybridized carbons (Fsp3) is 0.263. The molecule has 0 radical (unpaired) electrons. The first-order valence-electron chi connectivity index (χ1n) is 8.24. The van der Waals surface area contributed by atoms with E-state index in [0.717, 1.165) is 11.1 Å². The molecule has 0 bridgehead atoms. The highest BCUT2D eigenvalue weighted by molar-refractivity contribution is 7.64. The topological polar surface area (TPSA) is 76.2 Å². The molecular weight excluding hydrogens is 335 g/mol. The Bertz CT molecular complexity index is 760. The second-order valence-electron chi connectivity index (χ2n) is 6.00. The summed E-state index contributed by atoms with van der Waals surface area (Å²) in [6.07, 6.45) is 10.5. The zero-order valence-electron chi connectivity index (χ0n) is 13.9. The lowest BCUT2D eigenvalue weighted by Crippen LogP contribution is -2.09. The summed E-state index contributed by atoms with van der Waals surface area (Å²) in [6.45, 7) is 0. The van der Waals surface area contributed by atoms with Gasteiger partial charge in [0.2, 0.25) is 0 Å². The average molecular weight is 356 g/mol. The maximum Gasteiger partial charge on any atom is 0.164 e. The Balaban J connectivity index is 1.76. The third kappa shape index (κ3) is 4.65. The number of furan rings is 1. The van der Waals surface area contributed by atoms with E-state index in [-0.39, 0.29) is 0 Å². The van der Waals surface area contributed by atoms with E-state index in [1.54, 1.807) is 36.9 Å². The fourth-order valence-electron chi connectivity index (χ4n) is 2.76. The van der Waals surface area contributed by atoms with Crippen molar-refractivity contribution in [2.75, 3.05) is 12.3 Å². The van der Waals surface area contributed by atoms with Crippen LogP contribution in [0, 0.1) is 0 Å². The van der Waals surface area contributed by atoms with Crippen LogP contribution in [0.25, 0.3) is 0 Å². The first-order valence-corrected chi connectivity index (χ1v) is 10.4. The minimum atomic E-state index is -2.91. The molecule has 0 spiro atoms. The highest BCUT2D eigenvalue weighted by Crippen LogP contribution is 2.58. The molecule has 3 rings (SSSR count). The van der Waals surface area contributed by atoms with Gasteiger partial charge in [0, 0.05) is 37.1 Å². The Labute approximate surface area is 147 Å². The number of hydrogen-bond donors (Lipinski definition) is 1. The summed E-state index contributed by atoms with van der Waals surface area (Å²) in [4.78, 5) is 8.00. The molecule has 0 aliphatic heterocycles. The lowest BCUT2D eigenvalue weighted by Gasteiger charge is -2.23. The van der Waals surface area contributed by atoms with Crippen LogP contribution in [0.1, 0.15) is 22.7 Å². The predicted molar refractivity (Wildman–Crippen MR) is 96.9 cm³/mol. The molecule has 1 atom stereocenters. The van der Waals surface area contributed by atoms with Gasteiger partial charge in [0.15, 0.2) is 5.85 Å². The minimum Gasteiger partial charge on any atom is -0.466 e. The third-order valence-corrected chi connectivity index (χ3v) is 7.41. The van der Waals surface area contributed by atoms with Gasteiger partial charge >= 0.3 is 0 Å². The Hall–Kier alpha value is -2.23. The zero-order chi connectivity index (χ0) is 17.5. The van der Waals surface area contributed by atoms with E-state index < -0.39 is 13.0 Å². The van der Waals surface area contributed by atoms with Crippen molar-refractivity contribution in [3.05, 3.63) is 84.3 Å². The summed E-state index contributed by atoms with van der Waals surface area (Å²) in [5.74, 6) is -0.709. The smallest absolute Gasteiger partial charge is 0.164 e. The SMILES string of the molecule is O=P(CCc1ccncc1)(CCc1ccncc1)C(O)c1ccco1. The van der Waals surface area contributed by atoms with Crippen molar-refractivity contribution in [3.8, 4) is 0 Å². The van der Waals surface area contributed by atoms with Crippen LogP contribution in [0.15, 0.2) is 71.9 Å². The molecule has 0 aliphatic rings. The van der Waals surface area contributed by atoms with Crippen LogP contribution in [0.5, 0.6) is 0 Å². The third-order valence-electron chi connectivity index (χ3n) is 4.30. The molecule has 6 heteroatoms. The maximum absolute atomic E-state index is 13.6. The number of aromatic nitrogens is 2. The van der Waals surface area contributed by atoms with E-state index in [1.165, 1.54) is 6.26 Å². The molecule has 1 unspecified atom stereocenters. The number of aliphatic hydroxyl groups excluding tert-OH is 1. The van der Waals surface area contributed by atoms with Crippen LogP contribution in [0.4, 0.5) is 0 Å². The van der Waals surface area contributed by atoms with Crippen molar-refractivity contribution < 1.29 is 14.1 Å². The van der Waals surface area contributed by atoms with Gasteiger partial charge in [0.05, 0.1) is 6.26 Å². The number of aliphatic hydroxyl groups is 1. The molecule has 130 valence electrons. The molecule has 1 N–H and O–H groups in total. The normalized spacial score (nSPS) is 12.8. The largest absolute Gasteiger partial charge is 0.466 e. The van der Waals surface area contributed by atoms with Crippen molar-refractivity contribution in [3.63, 3.8) is 0 Å². The van der Waals surface area contributed by atoms with E-state index in [4.69, 9.17) is 4.42 Å². The lowest BCUT2D eigenvalue weighted by molar-refractivity contribution is 0.220. The first kappa shape index (κ1) is 17.6. The van der Waals surface area contributed by atoms with E-state index in [1.807, 2.05) is 24.3 Å². The van der Waals surface area contributed by atoms with Gasteiger partial charge in [-0.05, 0) is 60.4 Å². The summed E-state index contributed by atoms with van der Waals surface area (Å²) in [5.41, 5.74) is 2.12. The summed E-state index contributed by atoms with van der Waals surface area (Å²) in [7, 11) is -2.91. The molecule has 0 aliphatic carbocycles. The summed E-state index contributed by atoms with van der Waals surface area (Å²) in [5, 5.41) is 10.7. The average Bonchev–Trinajstić information content (AvgIpc) is 3.20. The van der Waals surface area contributed by atoms with Gasteiger partial charge in [0.25, 0.3) is 0 Å². The van der Waals surface area contributed by atoms with Gasteiger partial charge in [-0.15, -0.1) is 0 Å². The van der Waals surface area contributed by atoms with Gasteiger partial charge in [-0.1, -0.05) is 0 Å². The molecule has 0 amide bonds. The number of hydrogen-bond acceptors (Lipinski definition) is 5. The van der Waals surface area contributed by atoms with E-state index in [0.29, 0.717) is 30.9 Å². The highest BCUT2D eigenvalue weighted by Gasteiger charge is 2.34. The molecule has 25 heavy (non-hydrogen) atoms. The molecule has 0 fully saturated rings. The lowest BCUT2D eigenvalue weighted by atomic mass is 10.2. The van der Waals surface area contributed by atoms with Crippen LogP contribution in [0.2, 0.25) is 0 Å². The number of aryl methyl sites for hydroxylation is 2. The summed E-state index contributed by atoms with van der Waals surface area (Å²) >= 11 is 0. The molecule has 0 aromatic carbocycles. The van der Waals surface area contributed by atoms with Crippen molar-refractivity contribution in [1.29, 1.82) is 0 Å². The van der Waals surface area contributed by atoms with Crippen molar-refractivity contribution >= 4 is 7.14 Å². The predicted octanol–water partition coefficient (Wildman–Crippen LogP) is 3.91. The van der Waals surface area contributed by atoms with Gasteiger partial charge in [-0.3, -0.25) is 9.97 Å². The highest BCUT2D eigenvalue weighted by atomic mass is 31.2. The second-order valence-corrected chi connectivity index (χ2v) is 9.29. The molecule has 0 saturated carbocycles. The second kappa shape index (κ2) is 8.24. The van der Waals surface area contributed by atoms with Gasteiger partial charge in [0.1, 0.15) is 12.9 Å². The van der Waals surface area contributed by atoms with Gasteiger partial charge in [-0.2, -0.15) is 0 Å².